The fourth-order valence-corrected chi connectivity index (χ4v) is 5.36. The van der Waals surface area contributed by atoms with Crippen LogP contribution in [0.2, 0.25) is 0 Å². The minimum Gasteiger partial charge on any atom is -0.355 e. The lowest BCUT2D eigenvalue weighted by Gasteiger charge is -2.39. The number of piperidine rings is 2. The number of anilines is 1. The van der Waals surface area contributed by atoms with Crippen LogP contribution >= 0.6 is 0 Å². The molecule has 0 spiro atoms. The van der Waals surface area contributed by atoms with E-state index in [0.717, 1.165) is 81.1 Å². The van der Waals surface area contributed by atoms with Crippen molar-refractivity contribution in [3.05, 3.63) is 12.2 Å². The van der Waals surface area contributed by atoms with E-state index in [9.17, 15) is 4.79 Å². The van der Waals surface area contributed by atoms with Crippen molar-refractivity contribution in [1.29, 1.82) is 0 Å². The molecule has 3 aliphatic rings. The Labute approximate surface area is 172 Å². The van der Waals surface area contributed by atoms with Gasteiger partial charge in [-0.3, -0.25) is 4.79 Å². The Morgan fingerprint density at radius 3 is 2.62 bits per heavy atom. The highest BCUT2D eigenvalue weighted by molar-refractivity contribution is 5.84. The summed E-state index contributed by atoms with van der Waals surface area (Å²) in [5.41, 5.74) is 1.92. The molecule has 0 N–H and O–H groups in total. The summed E-state index contributed by atoms with van der Waals surface area (Å²) >= 11 is 0. The van der Waals surface area contributed by atoms with E-state index in [2.05, 4.69) is 31.3 Å². The summed E-state index contributed by atoms with van der Waals surface area (Å²) in [7, 11) is 0. The number of carbonyl (C=O) groups is 1. The van der Waals surface area contributed by atoms with E-state index in [4.69, 9.17) is 4.98 Å². The maximum atomic E-state index is 13.1. The Balaban J connectivity index is 1.32. The van der Waals surface area contributed by atoms with Crippen molar-refractivity contribution in [2.24, 2.45) is 5.92 Å². The van der Waals surface area contributed by atoms with Crippen LogP contribution < -0.4 is 4.90 Å². The van der Waals surface area contributed by atoms with E-state index in [1.165, 1.54) is 25.7 Å². The normalized spacial score (nSPS) is 23.8. The average Bonchev–Trinajstić information content (AvgIpc) is 2.95. The Morgan fingerprint density at radius 1 is 0.966 bits per heavy atom. The summed E-state index contributed by atoms with van der Waals surface area (Å²) in [6, 6.07) is 0.400. The molecule has 0 bridgehead atoms. The molecule has 2 saturated heterocycles. The van der Waals surface area contributed by atoms with E-state index in [1.54, 1.807) is 6.33 Å². The van der Waals surface area contributed by atoms with E-state index >= 15 is 0 Å². The maximum absolute atomic E-state index is 13.1. The standard InChI is InChI=1S/C22H32N6O/c1-16-7-4-6-11-27(16)22(29)17-9-13-26(14-10-17)20-19-21(24-15-23-20)28-12-5-2-3-8-18(28)25-19/h15-17H,2-14H2,1H3/t16-/m1/s1. The van der Waals surface area contributed by atoms with Gasteiger partial charge >= 0.3 is 0 Å². The Bertz CT molecular complexity index is 885. The molecule has 29 heavy (non-hydrogen) atoms. The largest absolute Gasteiger partial charge is 0.355 e. The van der Waals surface area contributed by atoms with Crippen molar-refractivity contribution < 1.29 is 4.79 Å². The lowest BCUT2D eigenvalue weighted by atomic mass is 9.93. The molecule has 2 aromatic rings. The van der Waals surface area contributed by atoms with Gasteiger partial charge in [0.15, 0.2) is 17.0 Å². The van der Waals surface area contributed by atoms with Gasteiger partial charge in [0, 0.05) is 44.6 Å². The predicted octanol–water partition coefficient (Wildman–Crippen LogP) is 3.17. The minimum atomic E-state index is 0.155. The quantitative estimate of drug-likeness (QED) is 0.780. The molecule has 5 heterocycles. The van der Waals surface area contributed by atoms with Crippen LogP contribution in [0.25, 0.3) is 11.2 Å². The van der Waals surface area contributed by atoms with Crippen molar-refractivity contribution in [3.8, 4) is 0 Å². The van der Waals surface area contributed by atoms with Gasteiger partial charge in [-0.25, -0.2) is 15.0 Å². The van der Waals surface area contributed by atoms with Crippen molar-refractivity contribution >= 4 is 22.9 Å². The third-order valence-electron chi connectivity index (χ3n) is 7.10. The third kappa shape index (κ3) is 3.49. The van der Waals surface area contributed by atoms with E-state index in [0.29, 0.717) is 11.9 Å². The smallest absolute Gasteiger partial charge is 0.226 e. The average molecular weight is 397 g/mol. The summed E-state index contributed by atoms with van der Waals surface area (Å²) in [5, 5.41) is 0. The zero-order valence-electron chi connectivity index (χ0n) is 17.5. The molecule has 156 valence electrons. The van der Waals surface area contributed by atoms with Crippen LogP contribution in [0, 0.1) is 5.92 Å². The fraction of sp³-hybridized carbons (Fsp3) is 0.727. The zero-order chi connectivity index (χ0) is 19.8. The zero-order valence-corrected chi connectivity index (χ0v) is 17.5. The van der Waals surface area contributed by atoms with Gasteiger partial charge in [0.05, 0.1) is 0 Å². The first-order chi connectivity index (χ1) is 14.2. The molecule has 3 aliphatic heterocycles. The SMILES string of the molecule is C[C@@H]1CCCCN1C(=O)C1CCN(c2ncnc3c2nc2n3CCCCC2)CC1. The third-order valence-corrected chi connectivity index (χ3v) is 7.10. The molecule has 0 radical (unpaired) electrons. The Morgan fingerprint density at radius 2 is 1.79 bits per heavy atom. The van der Waals surface area contributed by atoms with Gasteiger partial charge < -0.3 is 14.4 Å². The monoisotopic (exact) mass is 396 g/mol. The first-order valence-corrected chi connectivity index (χ1v) is 11.5. The molecule has 0 aliphatic carbocycles. The molecule has 1 amide bonds. The topological polar surface area (TPSA) is 67.2 Å². The Hall–Kier alpha value is -2.18. The van der Waals surface area contributed by atoms with Crippen molar-refractivity contribution in [2.45, 2.75) is 77.3 Å². The van der Waals surface area contributed by atoms with Gasteiger partial charge in [-0.15, -0.1) is 0 Å². The van der Waals surface area contributed by atoms with E-state index in [-0.39, 0.29) is 5.92 Å². The van der Waals surface area contributed by atoms with Gasteiger partial charge in [0.1, 0.15) is 12.2 Å². The van der Waals surface area contributed by atoms with Gasteiger partial charge in [0.25, 0.3) is 0 Å². The summed E-state index contributed by atoms with van der Waals surface area (Å²) in [6.07, 6.45) is 11.7. The fourth-order valence-electron chi connectivity index (χ4n) is 5.36. The number of hydrogen-bond donors (Lipinski definition) is 0. The van der Waals surface area contributed by atoms with Gasteiger partial charge in [0.2, 0.25) is 5.91 Å². The second kappa shape index (κ2) is 7.92. The molecule has 7 nitrogen and oxygen atoms in total. The number of aromatic nitrogens is 4. The molecule has 1 atom stereocenters. The Kier molecular flexibility index (Phi) is 5.14. The molecule has 0 saturated carbocycles. The van der Waals surface area contributed by atoms with E-state index in [1.807, 2.05) is 0 Å². The first kappa shape index (κ1) is 18.8. The molecular formula is C22H32N6O. The lowest BCUT2D eigenvalue weighted by Crippen LogP contribution is -2.48. The lowest BCUT2D eigenvalue weighted by molar-refractivity contribution is -0.139. The highest BCUT2D eigenvalue weighted by Gasteiger charge is 2.33. The van der Waals surface area contributed by atoms with Gasteiger partial charge in [-0.05, 0) is 51.9 Å². The van der Waals surface area contributed by atoms with Crippen LogP contribution in [0.15, 0.2) is 6.33 Å². The molecule has 0 unspecified atom stereocenters. The van der Waals surface area contributed by atoms with Crippen LogP contribution in [0.1, 0.15) is 64.1 Å². The number of imidazole rings is 1. The van der Waals surface area contributed by atoms with Crippen LogP contribution in [0.3, 0.4) is 0 Å². The summed E-state index contributed by atoms with van der Waals surface area (Å²) in [6.45, 7) is 5.88. The summed E-state index contributed by atoms with van der Waals surface area (Å²) in [5.74, 6) is 2.64. The number of likely N-dealkylation sites (tertiary alicyclic amines) is 1. The van der Waals surface area contributed by atoms with E-state index < -0.39 is 0 Å². The second-order valence-electron chi connectivity index (χ2n) is 9.00. The highest BCUT2D eigenvalue weighted by atomic mass is 16.2. The van der Waals surface area contributed by atoms with Crippen LogP contribution in [0.4, 0.5) is 5.82 Å². The van der Waals surface area contributed by atoms with Crippen molar-refractivity contribution in [1.82, 2.24) is 24.4 Å². The van der Waals surface area contributed by atoms with Gasteiger partial charge in [-0.1, -0.05) is 6.42 Å². The number of amides is 1. The number of rotatable bonds is 2. The summed E-state index contributed by atoms with van der Waals surface area (Å²) in [4.78, 5) is 31.6. The molecule has 7 heteroatoms. The maximum Gasteiger partial charge on any atom is 0.226 e. The number of fused-ring (bicyclic) bond motifs is 3. The number of nitrogens with zero attached hydrogens (tertiary/aromatic N) is 6. The molecule has 2 fully saturated rings. The summed E-state index contributed by atoms with van der Waals surface area (Å²) < 4.78 is 2.29. The second-order valence-corrected chi connectivity index (χ2v) is 9.00. The number of carbonyl (C=O) groups excluding carboxylic acids is 1. The number of hydrogen-bond acceptors (Lipinski definition) is 5. The van der Waals surface area contributed by atoms with Crippen LogP contribution in [-0.4, -0.2) is 56.0 Å². The highest BCUT2D eigenvalue weighted by Crippen LogP contribution is 2.30. The predicted molar refractivity (Wildman–Crippen MR) is 113 cm³/mol. The molecule has 5 rings (SSSR count). The first-order valence-electron chi connectivity index (χ1n) is 11.5. The minimum absolute atomic E-state index is 0.155. The number of aryl methyl sites for hydroxylation is 2. The van der Waals surface area contributed by atoms with Crippen LogP contribution in [-0.2, 0) is 17.8 Å². The van der Waals surface area contributed by atoms with Crippen molar-refractivity contribution in [3.63, 3.8) is 0 Å². The molecule has 0 aromatic carbocycles. The van der Waals surface area contributed by atoms with Gasteiger partial charge in [-0.2, -0.15) is 0 Å². The molecule has 2 aromatic heterocycles. The molecular weight excluding hydrogens is 364 g/mol. The van der Waals surface area contributed by atoms with Crippen LogP contribution in [0.5, 0.6) is 0 Å². The van der Waals surface area contributed by atoms with Crippen molar-refractivity contribution in [2.75, 3.05) is 24.5 Å².